The van der Waals surface area contributed by atoms with Gasteiger partial charge in [0.1, 0.15) is 12.4 Å². The summed E-state index contributed by atoms with van der Waals surface area (Å²) in [5.41, 5.74) is 0.385. The van der Waals surface area contributed by atoms with Crippen LogP contribution in [0.3, 0.4) is 0 Å². The Hall–Kier alpha value is -1.62. The Morgan fingerprint density at radius 1 is 1.12 bits per heavy atom. The van der Waals surface area contributed by atoms with Crippen LogP contribution in [0.1, 0.15) is 10.4 Å². The largest absolute Gasteiger partial charge is 0.494 e. The van der Waals surface area contributed by atoms with Gasteiger partial charge in [-0.05, 0) is 30.3 Å². The van der Waals surface area contributed by atoms with Crippen LogP contribution in [0.15, 0.2) is 36.4 Å². The number of carbonyl (C=O) groups is 1. The Balaban J connectivity index is 1.97. The SMILES string of the molecule is COc1c(Cl)cc(C(=O)N(C)CCOc2cccc(Cl)c2)cc1Cl. The number of halogens is 3. The Morgan fingerprint density at radius 3 is 2.38 bits per heavy atom. The minimum Gasteiger partial charge on any atom is -0.494 e. The van der Waals surface area contributed by atoms with Crippen molar-refractivity contribution in [3.63, 3.8) is 0 Å². The summed E-state index contributed by atoms with van der Waals surface area (Å²) in [7, 11) is 3.14. The van der Waals surface area contributed by atoms with Crippen molar-refractivity contribution in [3.05, 3.63) is 57.0 Å². The lowest BCUT2D eigenvalue weighted by molar-refractivity contribution is 0.0773. The van der Waals surface area contributed by atoms with Crippen molar-refractivity contribution < 1.29 is 14.3 Å². The van der Waals surface area contributed by atoms with Crippen LogP contribution >= 0.6 is 34.8 Å². The summed E-state index contributed by atoms with van der Waals surface area (Å²) >= 11 is 18.0. The van der Waals surface area contributed by atoms with E-state index in [1.165, 1.54) is 24.1 Å². The molecule has 2 rings (SSSR count). The van der Waals surface area contributed by atoms with E-state index in [0.717, 1.165) is 0 Å². The molecule has 0 fully saturated rings. The van der Waals surface area contributed by atoms with Crippen LogP contribution < -0.4 is 9.47 Å². The predicted molar refractivity (Wildman–Crippen MR) is 96.9 cm³/mol. The summed E-state index contributed by atoms with van der Waals surface area (Å²) in [6, 6.07) is 10.1. The van der Waals surface area contributed by atoms with Crippen molar-refractivity contribution in [1.82, 2.24) is 4.90 Å². The average Bonchev–Trinajstić information content (AvgIpc) is 2.53. The van der Waals surface area contributed by atoms with Crippen LogP contribution in [0.2, 0.25) is 15.1 Å². The predicted octanol–water partition coefficient (Wildman–Crippen LogP) is 4.81. The molecular formula is C17H16Cl3NO3. The molecule has 0 aromatic heterocycles. The fourth-order valence-electron chi connectivity index (χ4n) is 2.06. The van der Waals surface area contributed by atoms with Crippen LogP contribution in [0.4, 0.5) is 0 Å². The van der Waals surface area contributed by atoms with Crippen LogP contribution in [0, 0.1) is 0 Å². The number of methoxy groups -OCH3 is 1. The van der Waals surface area contributed by atoms with Gasteiger partial charge in [-0.25, -0.2) is 0 Å². The lowest BCUT2D eigenvalue weighted by atomic mass is 10.2. The van der Waals surface area contributed by atoms with E-state index in [1.807, 2.05) is 0 Å². The molecule has 0 heterocycles. The molecule has 0 radical (unpaired) electrons. The minimum atomic E-state index is -0.212. The molecule has 0 N–H and O–H groups in total. The van der Waals surface area contributed by atoms with Gasteiger partial charge < -0.3 is 14.4 Å². The maximum Gasteiger partial charge on any atom is 0.253 e. The molecule has 0 saturated carbocycles. The highest BCUT2D eigenvalue weighted by Gasteiger charge is 2.16. The van der Waals surface area contributed by atoms with Gasteiger partial charge in [0.15, 0.2) is 5.75 Å². The second kappa shape index (κ2) is 8.47. The van der Waals surface area contributed by atoms with Gasteiger partial charge in [-0.2, -0.15) is 0 Å². The third-order valence-electron chi connectivity index (χ3n) is 3.29. The van der Waals surface area contributed by atoms with E-state index in [-0.39, 0.29) is 16.0 Å². The molecule has 2 aromatic rings. The Morgan fingerprint density at radius 2 is 1.79 bits per heavy atom. The molecule has 1 amide bonds. The molecule has 128 valence electrons. The quantitative estimate of drug-likeness (QED) is 0.713. The number of hydrogen-bond acceptors (Lipinski definition) is 3. The van der Waals surface area contributed by atoms with Crippen LogP contribution in [0.25, 0.3) is 0 Å². The van der Waals surface area contributed by atoms with E-state index in [0.29, 0.717) is 35.2 Å². The van der Waals surface area contributed by atoms with Crippen LogP contribution in [-0.2, 0) is 0 Å². The van der Waals surface area contributed by atoms with Crippen molar-refractivity contribution in [2.45, 2.75) is 0 Å². The normalized spacial score (nSPS) is 10.4. The lowest BCUT2D eigenvalue weighted by Gasteiger charge is -2.18. The number of amides is 1. The maximum absolute atomic E-state index is 12.4. The van der Waals surface area contributed by atoms with E-state index >= 15 is 0 Å². The number of benzene rings is 2. The summed E-state index contributed by atoms with van der Waals surface area (Å²) in [6.45, 7) is 0.729. The number of rotatable bonds is 6. The molecule has 2 aromatic carbocycles. The zero-order valence-corrected chi connectivity index (χ0v) is 15.5. The first-order valence-corrected chi connectivity index (χ1v) is 8.22. The second-order valence-corrected chi connectivity index (χ2v) is 6.26. The second-order valence-electron chi connectivity index (χ2n) is 5.01. The van der Waals surface area contributed by atoms with E-state index < -0.39 is 0 Å². The molecule has 0 spiro atoms. The van der Waals surface area contributed by atoms with Gasteiger partial charge in [-0.3, -0.25) is 4.79 Å². The first-order chi connectivity index (χ1) is 11.4. The molecule has 4 nitrogen and oxygen atoms in total. The number of carbonyl (C=O) groups excluding carboxylic acids is 1. The number of likely N-dealkylation sites (N-methyl/N-ethyl adjacent to an activating group) is 1. The third-order valence-corrected chi connectivity index (χ3v) is 4.08. The van der Waals surface area contributed by atoms with Gasteiger partial charge >= 0.3 is 0 Å². The smallest absolute Gasteiger partial charge is 0.253 e. The highest BCUT2D eigenvalue weighted by molar-refractivity contribution is 6.37. The first kappa shape index (κ1) is 18.7. The summed E-state index contributed by atoms with van der Waals surface area (Å²) in [5, 5.41) is 1.17. The third kappa shape index (κ3) is 4.69. The average molecular weight is 389 g/mol. The molecule has 7 heteroatoms. The molecule has 0 aliphatic carbocycles. The summed E-state index contributed by atoms with van der Waals surface area (Å²) in [5.74, 6) is 0.789. The topological polar surface area (TPSA) is 38.8 Å². The fraction of sp³-hybridized carbons (Fsp3) is 0.235. The van der Waals surface area contributed by atoms with Gasteiger partial charge in [0, 0.05) is 17.6 Å². The molecule has 0 atom stereocenters. The summed E-state index contributed by atoms with van der Waals surface area (Å²) in [6.07, 6.45) is 0. The zero-order valence-electron chi connectivity index (χ0n) is 13.2. The molecule has 0 unspecified atom stereocenters. The maximum atomic E-state index is 12.4. The Kier molecular flexibility index (Phi) is 6.60. The molecule has 0 saturated heterocycles. The molecular weight excluding hydrogens is 373 g/mol. The minimum absolute atomic E-state index is 0.212. The molecule has 0 aliphatic heterocycles. The van der Waals surface area contributed by atoms with E-state index in [2.05, 4.69) is 0 Å². The Bertz CT molecular complexity index is 714. The molecule has 0 aliphatic rings. The highest BCUT2D eigenvalue weighted by atomic mass is 35.5. The van der Waals surface area contributed by atoms with Crippen molar-refractivity contribution in [3.8, 4) is 11.5 Å². The van der Waals surface area contributed by atoms with Gasteiger partial charge in [0.2, 0.25) is 0 Å². The first-order valence-electron chi connectivity index (χ1n) is 7.09. The summed E-state index contributed by atoms with van der Waals surface area (Å²) < 4.78 is 10.7. The van der Waals surface area contributed by atoms with Crippen LogP contribution in [0.5, 0.6) is 11.5 Å². The lowest BCUT2D eigenvalue weighted by Crippen LogP contribution is -2.30. The monoisotopic (exact) mass is 387 g/mol. The van der Waals surface area contributed by atoms with E-state index in [1.54, 1.807) is 31.3 Å². The van der Waals surface area contributed by atoms with E-state index in [9.17, 15) is 4.79 Å². The van der Waals surface area contributed by atoms with Gasteiger partial charge in [0.05, 0.1) is 23.7 Å². The van der Waals surface area contributed by atoms with Gasteiger partial charge in [0.25, 0.3) is 5.91 Å². The van der Waals surface area contributed by atoms with E-state index in [4.69, 9.17) is 44.3 Å². The van der Waals surface area contributed by atoms with Crippen molar-refractivity contribution >= 4 is 40.7 Å². The fourth-order valence-corrected chi connectivity index (χ4v) is 2.88. The molecule has 0 bridgehead atoms. The standard InChI is InChI=1S/C17H16Cl3NO3/c1-21(6-7-24-13-5-3-4-12(18)10-13)17(22)11-8-14(19)16(23-2)15(20)9-11/h3-5,8-10H,6-7H2,1-2H3. The van der Waals surface area contributed by atoms with Crippen LogP contribution in [-0.4, -0.2) is 38.1 Å². The number of ether oxygens (including phenoxy) is 2. The van der Waals surface area contributed by atoms with Gasteiger partial charge in [-0.1, -0.05) is 40.9 Å². The highest BCUT2D eigenvalue weighted by Crippen LogP contribution is 2.34. The zero-order chi connectivity index (χ0) is 17.7. The summed E-state index contributed by atoms with van der Waals surface area (Å²) in [4.78, 5) is 14.0. The molecule has 24 heavy (non-hydrogen) atoms. The Labute approximate surface area is 155 Å². The number of nitrogens with zero attached hydrogens (tertiary/aromatic N) is 1. The number of hydrogen-bond donors (Lipinski definition) is 0. The van der Waals surface area contributed by atoms with Crippen molar-refractivity contribution in [2.75, 3.05) is 27.3 Å². The van der Waals surface area contributed by atoms with Crippen molar-refractivity contribution in [2.24, 2.45) is 0 Å². The van der Waals surface area contributed by atoms with Crippen molar-refractivity contribution in [1.29, 1.82) is 0 Å². The van der Waals surface area contributed by atoms with Gasteiger partial charge in [-0.15, -0.1) is 0 Å².